The van der Waals surface area contributed by atoms with Gasteiger partial charge in [-0.3, -0.25) is 4.99 Å². The van der Waals surface area contributed by atoms with Crippen LogP contribution < -0.4 is 5.32 Å². The molecule has 0 radical (unpaired) electrons. The summed E-state index contributed by atoms with van der Waals surface area (Å²) in [5.41, 5.74) is 1.23. The molecule has 0 aromatic carbocycles. The lowest BCUT2D eigenvalue weighted by molar-refractivity contribution is 0.0887. The van der Waals surface area contributed by atoms with E-state index in [1.54, 1.807) is 0 Å². The van der Waals surface area contributed by atoms with Crippen LogP contribution in [-0.4, -0.2) is 62.5 Å². The number of halogens is 2. The molecule has 1 aliphatic rings. The summed E-state index contributed by atoms with van der Waals surface area (Å²) in [6, 6.07) is 2.13. The van der Waals surface area contributed by atoms with Crippen LogP contribution >= 0.6 is 39.9 Å². The zero-order valence-electron chi connectivity index (χ0n) is 15.3. The van der Waals surface area contributed by atoms with Crippen molar-refractivity contribution in [3.8, 4) is 0 Å². The Hall–Kier alpha value is -0.320. The van der Waals surface area contributed by atoms with E-state index < -0.39 is 0 Å². The highest BCUT2D eigenvalue weighted by Gasteiger charge is 2.15. The Balaban J connectivity index is 0.00000312. The van der Waals surface area contributed by atoms with Crippen LogP contribution in [0.4, 0.5) is 0 Å². The van der Waals surface area contributed by atoms with Crippen LogP contribution in [0.15, 0.2) is 21.7 Å². The first-order valence-corrected chi connectivity index (χ1v) is 9.27. The molecule has 8 heteroatoms. The average molecular weight is 529 g/mol. The maximum absolute atomic E-state index is 5.73. The van der Waals surface area contributed by atoms with Gasteiger partial charge in [-0.1, -0.05) is 0 Å². The van der Waals surface area contributed by atoms with Crippen LogP contribution in [0, 0.1) is 5.92 Å². The molecule has 1 unspecified atom stereocenters. The lowest BCUT2D eigenvalue weighted by Crippen LogP contribution is -2.39. The molecule has 0 saturated carbocycles. The Morgan fingerprint density at radius 3 is 2.96 bits per heavy atom. The van der Waals surface area contributed by atoms with Gasteiger partial charge in [0.2, 0.25) is 0 Å². The summed E-state index contributed by atoms with van der Waals surface area (Å²) in [4.78, 5) is 6.48. The van der Waals surface area contributed by atoms with Crippen molar-refractivity contribution in [1.29, 1.82) is 0 Å². The van der Waals surface area contributed by atoms with E-state index in [0.717, 1.165) is 62.8 Å². The van der Waals surface area contributed by atoms with Crippen LogP contribution in [0.2, 0.25) is 0 Å². The van der Waals surface area contributed by atoms with E-state index >= 15 is 0 Å². The minimum absolute atomic E-state index is 0. The predicted octanol–water partition coefficient (Wildman–Crippen LogP) is 2.86. The highest BCUT2D eigenvalue weighted by atomic mass is 127. The van der Waals surface area contributed by atoms with Gasteiger partial charge in [0.15, 0.2) is 5.96 Å². The number of aliphatic imine (C=N–C) groups is 1. The fourth-order valence-electron chi connectivity index (χ4n) is 2.77. The van der Waals surface area contributed by atoms with E-state index in [0.29, 0.717) is 5.92 Å². The molecule has 1 aromatic heterocycles. The quantitative estimate of drug-likeness (QED) is 0.244. The van der Waals surface area contributed by atoms with Gasteiger partial charge in [-0.05, 0) is 34.8 Å². The van der Waals surface area contributed by atoms with Gasteiger partial charge in [-0.2, -0.15) is 0 Å². The molecule has 1 saturated heterocycles. The smallest absolute Gasteiger partial charge is 0.193 e. The van der Waals surface area contributed by atoms with Gasteiger partial charge >= 0.3 is 0 Å². The second-order valence-corrected chi connectivity index (χ2v) is 7.16. The summed E-state index contributed by atoms with van der Waals surface area (Å²) in [6.07, 6.45) is 4.16. The summed E-state index contributed by atoms with van der Waals surface area (Å²) in [7, 11) is 5.92. The molecule has 1 fully saturated rings. The monoisotopic (exact) mass is 528 g/mol. The largest absolute Gasteiger partial charge is 0.381 e. The molecule has 1 aromatic rings. The van der Waals surface area contributed by atoms with E-state index in [1.807, 2.05) is 14.1 Å². The van der Waals surface area contributed by atoms with Crippen molar-refractivity contribution in [2.45, 2.75) is 19.4 Å². The lowest BCUT2D eigenvalue weighted by Gasteiger charge is -2.22. The summed E-state index contributed by atoms with van der Waals surface area (Å²) in [5.74, 6) is 1.48. The van der Waals surface area contributed by atoms with Gasteiger partial charge in [0.1, 0.15) is 0 Å². The van der Waals surface area contributed by atoms with E-state index in [9.17, 15) is 0 Å². The first kappa shape index (κ1) is 22.7. The highest BCUT2D eigenvalue weighted by Crippen LogP contribution is 2.15. The molecule has 25 heavy (non-hydrogen) atoms. The summed E-state index contributed by atoms with van der Waals surface area (Å²) in [6.45, 7) is 4.99. The molecule has 1 aliphatic heterocycles. The number of hydrogen-bond acceptors (Lipinski definition) is 3. The van der Waals surface area contributed by atoms with Crippen LogP contribution in [-0.2, 0) is 23.1 Å². The Labute approximate surface area is 176 Å². The Morgan fingerprint density at radius 1 is 1.56 bits per heavy atom. The average Bonchev–Trinajstić information content (AvgIpc) is 3.16. The first-order valence-electron chi connectivity index (χ1n) is 8.48. The molecular formula is C17H30BrIN4O2. The SMILES string of the molecule is CN=C(NCCCOCC1CCOC1)N(C)Cc1cc(Br)cn1C.I. The van der Waals surface area contributed by atoms with Crippen molar-refractivity contribution >= 4 is 45.9 Å². The number of hydrogen-bond donors (Lipinski definition) is 1. The number of aryl methyl sites for hydroxylation is 1. The van der Waals surface area contributed by atoms with Crippen LogP contribution in [0.1, 0.15) is 18.5 Å². The second-order valence-electron chi connectivity index (χ2n) is 6.25. The fourth-order valence-corrected chi connectivity index (χ4v) is 3.34. The number of nitrogens with zero attached hydrogens (tertiary/aromatic N) is 3. The second kappa shape index (κ2) is 12.1. The van der Waals surface area contributed by atoms with E-state index in [4.69, 9.17) is 9.47 Å². The van der Waals surface area contributed by atoms with Crippen molar-refractivity contribution in [3.05, 3.63) is 22.4 Å². The zero-order chi connectivity index (χ0) is 17.4. The topological polar surface area (TPSA) is 51.0 Å². The Bertz CT molecular complexity index is 533. The van der Waals surface area contributed by atoms with Crippen molar-refractivity contribution in [3.63, 3.8) is 0 Å². The number of ether oxygens (including phenoxy) is 2. The predicted molar refractivity (Wildman–Crippen MR) is 116 cm³/mol. The summed E-state index contributed by atoms with van der Waals surface area (Å²) >= 11 is 3.51. The maximum atomic E-state index is 5.73. The molecule has 2 rings (SSSR count). The van der Waals surface area contributed by atoms with Crippen molar-refractivity contribution in [1.82, 2.24) is 14.8 Å². The number of aromatic nitrogens is 1. The van der Waals surface area contributed by atoms with Crippen molar-refractivity contribution < 1.29 is 9.47 Å². The third-order valence-corrected chi connectivity index (χ3v) is 4.61. The number of rotatable bonds is 8. The van der Waals surface area contributed by atoms with Crippen LogP contribution in [0.5, 0.6) is 0 Å². The molecule has 0 amide bonds. The third-order valence-electron chi connectivity index (χ3n) is 4.17. The third kappa shape index (κ3) is 7.84. The standard InChI is InChI=1S/C17H29BrN4O2.HI/c1-19-17(22(3)11-16-9-15(18)10-21(16)2)20-6-4-7-23-12-14-5-8-24-13-14;/h9-10,14H,4-8,11-13H2,1-3H3,(H,19,20);1H. The molecule has 0 aliphatic carbocycles. The van der Waals surface area contributed by atoms with E-state index in [2.05, 4.69) is 55.0 Å². The summed E-state index contributed by atoms with van der Waals surface area (Å²) in [5, 5.41) is 3.39. The molecule has 6 nitrogen and oxygen atoms in total. The minimum Gasteiger partial charge on any atom is -0.381 e. The molecule has 1 atom stereocenters. The van der Waals surface area contributed by atoms with Gasteiger partial charge in [0, 0.05) is 63.2 Å². The highest BCUT2D eigenvalue weighted by molar-refractivity contribution is 14.0. The first-order chi connectivity index (χ1) is 11.6. The van der Waals surface area contributed by atoms with Crippen LogP contribution in [0.3, 0.4) is 0 Å². The lowest BCUT2D eigenvalue weighted by atomic mass is 10.1. The maximum Gasteiger partial charge on any atom is 0.193 e. The summed E-state index contributed by atoms with van der Waals surface area (Å²) < 4.78 is 14.3. The molecule has 0 bridgehead atoms. The van der Waals surface area contributed by atoms with Gasteiger partial charge in [0.05, 0.1) is 19.8 Å². The molecule has 0 spiro atoms. The van der Waals surface area contributed by atoms with Crippen LogP contribution in [0.25, 0.3) is 0 Å². The Kier molecular flexibility index (Phi) is 11.0. The van der Waals surface area contributed by atoms with E-state index in [1.165, 1.54) is 5.69 Å². The van der Waals surface area contributed by atoms with Gasteiger partial charge in [-0.15, -0.1) is 24.0 Å². The van der Waals surface area contributed by atoms with E-state index in [-0.39, 0.29) is 24.0 Å². The fraction of sp³-hybridized carbons (Fsp3) is 0.706. The normalized spacial score (nSPS) is 17.4. The van der Waals surface area contributed by atoms with Crippen molar-refractivity contribution in [2.75, 3.05) is 47.1 Å². The van der Waals surface area contributed by atoms with Gasteiger partial charge in [0.25, 0.3) is 0 Å². The molecule has 144 valence electrons. The number of nitrogens with one attached hydrogen (secondary N) is 1. The van der Waals surface area contributed by atoms with Crippen molar-refractivity contribution in [2.24, 2.45) is 18.0 Å². The Morgan fingerprint density at radius 2 is 2.36 bits per heavy atom. The molecule has 2 heterocycles. The van der Waals surface area contributed by atoms with Gasteiger partial charge < -0.3 is 24.3 Å². The molecular weight excluding hydrogens is 499 g/mol. The molecule has 1 N–H and O–H groups in total. The van der Waals surface area contributed by atoms with Gasteiger partial charge in [-0.25, -0.2) is 0 Å². The minimum atomic E-state index is 0. The zero-order valence-corrected chi connectivity index (χ0v) is 19.2. The number of guanidine groups is 1.